The minimum atomic E-state index is -0.0638. The van der Waals surface area contributed by atoms with E-state index in [1.807, 2.05) is 36.4 Å². The van der Waals surface area contributed by atoms with E-state index in [1.54, 1.807) is 7.05 Å². The lowest BCUT2D eigenvalue weighted by atomic mass is 10.1. The summed E-state index contributed by atoms with van der Waals surface area (Å²) in [5, 5.41) is 9.29. The first-order chi connectivity index (χ1) is 14.6. The van der Waals surface area contributed by atoms with Crippen LogP contribution in [0.15, 0.2) is 53.5 Å². The molecule has 2 aromatic carbocycles. The summed E-state index contributed by atoms with van der Waals surface area (Å²) in [7, 11) is 1.64. The minimum absolute atomic E-state index is 0. The van der Waals surface area contributed by atoms with Crippen molar-refractivity contribution in [3.8, 4) is 5.75 Å². The number of aryl methyl sites for hydroxylation is 1. The molecule has 2 aromatic rings. The zero-order chi connectivity index (χ0) is 21.6. The van der Waals surface area contributed by atoms with Gasteiger partial charge in [-0.25, -0.2) is 0 Å². The van der Waals surface area contributed by atoms with Gasteiger partial charge in [0.1, 0.15) is 5.75 Å². The van der Waals surface area contributed by atoms with E-state index in [0.717, 1.165) is 56.2 Å². The number of guanidine groups is 1. The molecule has 0 saturated carbocycles. The zero-order valence-corrected chi connectivity index (χ0v) is 21.1. The average molecular weight is 538 g/mol. The Morgan fingerprint density at radius 2 is 1.84 bits per heavy atom. The summed E-state index contributed by atoms with van der Waals surface area (Å²) in [6, 6.07) is 15.8. The number of carbonyl (C=O) groups is 1. The van der Waals surface area contributed by atoms with Crippen molar-refractivity contribution in [3.05, 3.63) is 65.2 Å². The Bertz CT molecular complexity index is 809. The highest BCUT2D eigenvalue weighted by Crippen LogP contribution is 2.11. The molecule has 0 aliphatic rings. The van der Waals surface area contributed by atoms with Gasteiger partial charge in [0.05, 0.1) is 6.61 Å². The first kappa shape index (κ1) is 26.7. The van der Waals surface area contributed by atoms with Gasteiger partial charge in [-0.2, -0.15) is 0 Å². The number of benzene rings is 2. The highest BCUT2D eigenvalue weighted by molar-refractivity contribution is 14.0. The van der Waals surface area contributed by atoms with Crippen molar-refractivity contribution >= 4 is 35.8 Å². The topological polar surface area (TPSA) is 74.8 Å². The summed E-state index contributed by atoms with van der Waals surface area (Å²) in [6.07, 6.45) is 2.75. The van der Waals surface area contributed by atoms with Crippen LogP contribution in [-0.4, -0.2) is 45.2 Å². The van der Waals surface area contributed by atoms with Crippen LogP contribution in [0.25, 0.3) is 0 Å². The lowest BCUT2D eigenvalue weighted by molar-refractivity contribution is 0.0963. The molecule has 170 valence electrons. The molecule has 3 N–H and O–H groups in total. The third kappa shape index (κ3) is 10.5. The van der Waals surface area contributed by atoms with Crippen molar-refractivity contribution < 1.29 is 9.53 Å². The second kappa shape index (κ2) is 15.5. The summed E-state index contributed by atoms with van der Waals surface area (Å²) < 4.78 is 5.76. The standard InChI is InChI=1S/C24H34N4O2.HI/c1-4-26-24(27-15-5-6-17-30-22-12-10-19(2)11-13-22)28-16-14-20-8-7-9-21(18-20)23(29)25-3;/h7-13,18H,4-6,14-17H2,1-3H3,(H,25,29)(H2,26,27,28);1H. The van der Waals surface area contributed by atoms with Crippen LogP contribution < -0.4 is 20.7 Å². The maximum Gasteiger partial charge on any atom is 0.251 e. The van der Waals surface area contributed by atoms with Crippen LogP contribution in [0, 0.1) is 6.92 Å². The van der Waals surface area contributed by atoms with Gasteiger partial charge in [0, 0.05) is 32.2 Å². The molecule has 0 aliphatic carbocycles. The van der Waals surface area contributed by atoms with Gasteiger partial charge in [0.15, 0.2) is 5.96 Å². The third-order valence-electron chi connectivity index (χ3n) is 4.58. The first-order valence-electron chi connectivity index (χ1n) is 10.6. The van der Waals surface area contributed by atoms with E-state index < -0.39 is 0 Å². The Hall–Kier alpha value is -2.29. The molecule has 0 atom stereocenters. The minimum Gasteiger partial charge on any atom is -0.494 e. The molecular weight excluding hydrogens is 503 g/mol. The van der Waals surface area contributed by atoms with Crippen molar-refractivity contribution in [1.29, 1.82) is 0 Å². The smallest absolute Gasteiger partial charge is 0.251 e. The normalized spacial score (nSPS) is 10.7. The van der Waals surface area contributed by atoms with Gasteiger partial charge >= 0.3 is 0 Å². The summed E-state index contributed by atoms with van der Waals surface area (Å²) in [6.45, 7) is 7.14. The number of hydrogen-bond donors (Lipinski definition) is 3. The molecule has 0 bridgehead atoms. The van der Waals surface area contributed by atoms with Crippen molar-refractivity contribution in [2.24, 2.45) is 4.99 Å². The maximum atomic E-state index is 11.8. The molecule has 0 radical (unpaired) electrons. The molecule has 31 heavy (non-hydrogen) atoms. The number of hydrogen-bond acceptors (Lipinski definition) is 3. The molecule has 0 spiro atoms. The van der Waals surface area contributed by atoms with Crippen LogP contribution in [0.3, 0.4) is 0 Å². The molecule has 7 heteroatoms. The Morgan fingerprint density at radius 1 is 1.06 bits per heavy atom. The number of nitrogens with one attached hydrogen (secondary N) is 3. The van der Waals surface area contributed by atoms with E-state index in [1.165, 1.54) is 5.56 Å². The van der Waals surface area contributed by atoms with Gasteiger partial charge in [-0.15, -0.1) is 24.0 Å². The number of ether oxygens (including phenoxy) is 1. The van der Waals surface area contributed by atoms with Gasteiger partial charge in [0.2, 0.25) is 0 Å². The summed E-state index contributed by atoms with van der Waals surface area (Å²) in [5.74, 6) is 1.67. The molecule has 0 saturated heterocycles. The Morgan fingerprint density at radius 3 is 2.55 bits per heavy atom. The third-order valence-corrected chi connectivity index (χ3v) is 4.58. The van der Waals surface area contributed by atoms with Crippen LogP contribution in [-0.2, 0) is 6.42 Å². The summed E-state index contributed by atoms with van der Waals surface area (Å²) in [5.41, 5.74) is 3.04. The number of nitrogens with zero attached hydrogens (tertiary/aromatic N) is 1. The SMILES string of the molecule is CCNC(=NCCCCOc1ccc(C)cc1)NCCc1cccc(C(=O)NC)c1.I. The van der Waals surface area contributed by atoms with Gasteiger partial charge in [0.25, 0.3) is 5.91 Å². The predicted molar refractivity (Wildman–Crippen MR) is 139 cm³/mol. The quantitative estimate of drug-likeness (QED) is 0.176. The fourth-order valence-corrected chi connectivity index (χ4v) is 2.91. The predicted octanol–water partition coefficient (Wildman–Crippen LogP) is 3.93. The Balaban J connectivity index is 0.00000480. The van der Waals surface area contributed by atoms with E-state index >= 15 is 0 Å². The molecule has 1 amide bonds. The molecule has 0 fully saturated rings. The summed E-state index contributed by atoms with van der Waals surface area (Å²) >= 11 is 0. The molecule has 0 aromatic heterocycles. The molecular formula is C24H35IN4O2. The van der Waals surface area contributed by atoms with E-state index in [4.69, 9.17) is 4.74 Å². The highest BCUT2D eigenvalue weighted by Gasteiger charge is 2.04. The van der Waals surface area contributed by atoms with Crippen molar-refractivity contribution in [2.45, 2.75) is 33.1 Å². The van der Waals surface area contributed by atoms with Crippen LogP contribution in [0.5, 0.6) is 5.75 Å². The van der Waals surface area contributed by atoms with Crippen molar-refractivity contribution in [1.82, 2.24) is 16.0 Å². The lowest BCUT2D eigenvalue weighted by Crippen LogP contribution is -2.38. The number of aliphatic imine (C=N–C) groups is 1. The number of halogens is 1. The molecule has 2 rings (SSSR count). The van der Waals surface area contributed by atoms with Crippen LogP contribution in [0.1, 0.15) is 41.3 Å². The summed E-state index contributed by atoms with van der Waals surface area (Å²) in [4.78, 5) is 16.4. The van der Waals surface area contributed by atoms with E-state index in [9.17, 15) is 4.79 Å². The maximum absolute atomic E-state index is 11.8. The number of amides is 1. The van der Waals surface area contributed by atoms with Gasteiger partial charge in [-0.1, -0.05) is 29.8 Å². The van der Waals surface area contributed by atoms with E-state index in [0.29, 0.717) is 12.2 Å². The lowest BCUT2D eigenvalue weighted by Gasteiger charge is -2.12. The first-order valence-corrected chi connectivity index (χ1v) is 10.6. The zero-order valence-electron chi connectivity index (χ0n) is 18.7. The largest absolute Gasteiger partial charge is 0.494 e. The van der Waals surface area contributed by atoms with Crippen molar-refractivity contribution in [2.75, 3.05) is 33.3 Å². The monoisotopic (exact) mass is 538 g/mol. The van der Waals surface area contributed by atoms with Gasteiger partial charge < -0.3 is 20.7 Å². The van der Waals surface area contributed by atoms with Gasteiger partial charge in [-0.3, -0.25) is 9.79 Å². The van der Waals surface area contributed by atoms with Crippen molar-refractivity contribution in [3.63, 3.8) is 0 Å². The second-order valence-corrected chi connectivity index (χ2v) is 7.09. The van der Waals surface area contributed by atoms with Gasteiger partial charge in [-0.05, 0) is 62.9 Å². The number of carbonyl (C=O) groups excluding carboxylic acids is 1. The van der Waals surface area contributed by atoms with E-state index in [2.05, 4.69) is 46.9 Å². The molecule has 0 aliphatic heterocycles. The number of unbranched alkanes of at least 4 members (excludes halogenated alkanes) is 1. The number of rotatable bonds is 11. The molecule has 0 unspecified atom stereocenters. The highest BCUT2D eigenvalue weighted by atomic mass is 127. The van der Waals surface area contributed by atoms with Crippen LogP contribution >= 0.6 is 24.0 Å². The van der Waals surface area contributed by atoms with Crippen LogP contribution in [0.2, 0.25) is 0 Å². The second-order valence-electron chi connectivity index (χ2n) is 7.09. The Kier molecular flexibility index (Phi) is 13.4. The Labute approximate surface area is 203 Å². The van der Waals surface area contributed by atoms with Crippen LogP contribution in [0.4, 0.5) is 0 Å². The fraction of sp³-hybridized carbons (Fsp3) is 0.417. The molecule has 6 nitrogen and oxygen atoms in total. The molecule has 0 heterocycles. The van der Waals surface area contributed by atoms with E-state index in [-0.39, 0.29) is 29.9 Å². The average Bonchev–Trinajstić information content (AvgIpc) is 2.77. The fourth-order valence-electron chi connectivity index (χ4n) is 2.91.